The second-order valence-corrected chi connectivity index (χ2v) is 4.39. The summed E-state index contributed by atoms with van der Waals surface area (Å²) in [6, 6.07) is 10.2. The summed E-state index contributed by atoms with van der Waals surface area (Å²) in [6.07, 6.45) is 2.46. The van der Waals surface area contributed by atoms with Gasteiger partial charge in [-0.1, -0.05) is 30.3 Å². The molecule has 1 aromatic carbocycles. The summed E-state index contributed by atoms with van der Waals surface area (Å²) >= 11 is 0. The van der Waals surface area contributed by atoms with Gasteiger partial charge in [-0.25, -0.2) is 4.79 Å². The van der Waals surface area contributed by atoms with Gasteiger partial charge in [-0.2, -0.15) is 0 Å². The summed E-state index contributed by atoms with van der Waals surface area (Å²) in [5.74, 6) is -0.787. The molecular formula is C14H17NO2. The highest BCUT2D eigenvalue weighted by atomic mass is 16.4. The number of carboxylic acids is 1. The van der Waals surface area contributed by atoms with Crippen LogP contribution in [0.25, 0.3) is 0 Å². The predicted octanol–water partition coefficient (Wildman–Crippen LogP) is 2.86. The van der Waals surface area contributed by atoms with Crippen LogP contribution in [0.4, 0.5) is 0 Å². The normalized spacial score (nSPS) is 17.0. The molecule has 90 valence electrons. The highest BCUT2D eigenvalue weighted by molar-refractivity contribution is 5.88. The topological polar surface area (TPSA) is 49.3 Å². The Hall–Kier alpha value is -1.77. The number of hydrogen-bond donors (Lipinski definition) is 2. The third kappa shape index (κ3) is 2.67. The predicted molar refractivity (Wildman–Crippen MR) is 66.5 cm³/mol. The number of hydrogen-bond acceptors (Lipinski definition) is 2. The second kappa shape index (κ2) is 5.04. The molecule has 2 rings (SSSR count). The molecule has 0 spiro atoms. The van der Waals surface area contributed by atoms with Crippen molar-refractivity contribution in [2.24, 2.45) is 0 Å². The molecule has 0 radical (unpaired) electrons. The number of aliphatic carboxylic acids is 1. The van der Waals surface area contributed by atoms with Crippen molar-refractivity contribution in [1.82, 2.24) is 5.32 Å². The van der Waals surface area contributed by atoms with Crippen molar-refractivity contribution in [3.05, 3.63) is 47.2 Å². The summed E-state index contributed by atoms with van der Waals surface area (Å²) in [6.45, 7) is 2.06. The SMILES string of the molecule is C[C@H](NC1=C(C(=O)O)CCC1)c1ccccc1. The molecule has 1 aromatic rings. The monoisotopic (exact) mass is 231 g/mol. The highest BCUT2D eigenvalue weighted by Crippen LogP contribution is 2.26. The molecule has 3 heteroatoms. The van der Waals surface area contributed by atoms with Crippen molar-refractivity contribution in [1.29, 1.82) is 0 Å². The van der Waals surface area contributed by atoms with E-state index < -0.39 is 5.97 Å². The maximum Gasteiger partial charge on any atom is 0.333 e. The zero-order chi connectivity index (χ0) is 12.3. The van der Waals surface area contributed by atoms with Crippen LogP contribution in [0.5, 0.6) is 0 Å². The molecule has 1 atom stereocenters. The average molecular weight is 231 g/mol. The minimum Gasteiger partial charge on any atom is -0.478 e. The lowest BCUT2D eigenvalue weighted by Gasteiger charge is -2.17. The Morgan fingerprint density at radius 3 is 2.65 bits per heavy atom. The van der Waals surface area contributed by atoms with Crippen LogP contribution in [0.2, 0.25) is 0 Å². The van der Waals surface area contributed by atoms with E-state index in [9.17, 15) is 4.79 Å². The molecule has 1 aliphatic rings. The molecule has 0 amide bonds. The Kier molecular flexibility index (Phi) is 3.47. The van der Waals surface area contributed by atoms with E-state index in [4.69, 9.17) is 5.11 Å². The van der Waals surface area contributed by atoms with Gasteiger partial charge in [0.25, 0.3) is 0 Å². The van der Waals surface area contributed by atoms with Gasteiger partial charge in [-0.3, -0.25) is 0 Å². The van der Waals surface area contributed by atoms with Crippen LogP contribution in [0.3, 0.4) is 0 Å². The van der Waals surface area contributed by atoms with Gasteiger partial charge in [-0.15, -0.1) is 0 Å². The van der Waals surface area contributed by atoms with Crippen molar-refractivity contribution in [2.45, 2.75) is 32.2 Å². The lowest BCUT2D eigenvalue weighted by molar-refractivity contribution is -0.132. The third-order valence-corrected chi connectivity index (χ3v) is 3.17. The quantitative estimate of drug-likeness (QED) is 0.837. The van der Waals surface area contributed by atoms with Gasteiger partial charge in [-0.05, 0) is 31.7 Å². The number of carbonyl (C=O) groups is 1. The molecule has 0 saturated carbocycles. The van der Waals surface area contributed by atoms with Gasteiger partial charge in [0.05, 0.1) is 5.57 Å². The van der Waals surface area contributed by atoms with E-state index in [1.807, 2.05) is 30.3 Å². The fraction of sp³-hybridized carbons (Fsp3) is 0.357. The first kappa shape index (κ1) is 11.7. The van der Waals surface area contributed by atoms with E-state index in [1.54, 1.807) is 0 Å². The van der Waals surface area contributed by atoms with Crippen LogP contribution in [0, 0.1) is 0 Å². The lowest BCUT2D eigenvalue weighted by atomic mass is 10.1. The first-order valence-corrected chi connectivity index (χ1v) is 5.95. The molecule has 0 fully saturated rings. The van der Waals surface area contributed by atoms with Gasteiger partial charge in [0, 0.05) is 11.7 Å². The van der Waals surface area contributed by atoms with Crippen LogP contribution in [-0.2, 0) is 4.79 Å². The minimum absolute atomic E-state index is 0.152. The first-order valence-electron chi connectivity index (χ1n) is 5.95. The highest BCUT2D eigenvalue weighted by Gasteiger charge is 2.21. The van der Waals surface area contributed by atoms with E-state index in [-0.39, 0.29) is 6.04 Å². The van der Waals surface area contributed by atoms with Crippen molar-refractivity contribution >= 4 is 5.97 Å². The van der Waals surface area contributed by atoms with E-state index in [2.05, 4.69) is 12.2 Å². The van der Waals surface area contributed by atoms with Crippen LogP contribution >= 0.6 is 0 Å². The maximum absolute atomic E-state index is 11.0. The summed E-state index contributed by atoms with van der Waals surface area (Å²) in [4.78, 5) is 11.0. The van der Waals surface area contributed by atoms with Gasteiger partial charge in [0.1, 0.15) is 0 Å². The van der Waals surface area contributed by atoms with Crippen LogP contribution in [0.1, 0.15) is 37.8 Å². The van der Waals surface area contributed by atoms with Gasteiger partial charge in [0.2, 0.25) is 0 Å². The Morgan fingerprint density at radius 1 is 1.29 bits per heavy atom. The number of nitrogens with one attached hydrogen (secondary N) is 1. The van der Waals surface area contributed by atoms with Crippen molar-refractivity contribution in [3.8, 4) is 0 Å². The average Bonchev–Trinajstić information content (AvgIpc) is 2.78. The molecule has 0 heterocycles. The summed E-state index contributed by atoms with van der Waals surface area (Å²) in [5.41, 5.74) is 2.62. The largest absolute Gasteiger partial charge is 0.478 e. The molecule has 0 unspecified atom stereocenters. The van der Waals surface area contributed by atoms with Crippen molar-refractivity contribution in [3.63, 3.8) is 0 Å². The van der Waals surface area contributed by atoms with Crippen molar-refractivity contribution in [2.75, 3.05) is 0 Å². The summed E-state index contributed by atoms with van der Waals surface area (Å²) in [7, 11) is 0. The van der Waals surface area contributed by atoms with E-state index >= 15 is 0 Å². The zero-order valence-electron chi connectivity index (χ0n) is 9.94. The molecule has 3 nitrogen and oxygen atoms in total. The van der Waals surface area contributed by atoms with E-state index in [0.29, 0.717) is 12.0 Å². The fourth-order valence-electron chi connectivity index (χ4n) is 2.23. The molecule has 0 bridgehead atoms. The van der Waals surface area contributed by atoms with Crippen LogP contribution in [0.15, 0.2) is 41.6 Å². The number of allylic oxidation sites excluding steroid dienone is 1. The standard InChI is InChI=1S/C14H17NO2/c1-10(11-6-3-2-4-7-11)15-13-9-5-8-12(13)14(16)17/h2-4,6-7,10,15H,5,8-9H2,1H3,(H,16,17)/t10-/m0/s1. The lowest BCUT2D eigenvalue weighted by Crippen LogP contribution is -2.19. The summed E-state index contributed by atoms with van der Waals surface area (Å²) in [5, 5.41) is 12.4. The Bertz CT molecular complexity index is 437. The van der Waals surface area contributed by atoms with Gasteiger partial charge < -0.3 is 10.4 Å². The molecule has 1 aliphatic carbocycles. The van der Waals surface area contributed by atoms with E-state index in [1.165, 1.54) is 5.56 Å². The molecule has 17 heavy (non-hydrogen) atoms. The first-order chi connectivity index (χ1) is 8.18. The maximum atomic E-state index is 11.0. The molecule has 0 saturated heterocycles. The molecule has 0 aromatic heterocycles. The molecule has 2 N–H and O–H groups in total. The fourth-order valence-corrected chi connectivity index (χ4v) is 2.23. The Labute approximate surface area is 101 Å². The van der Waals surface area contributed by atoms with Gasteiger partial charge >= 0.3 is 5.97 Å². The van der Waals surface area contributed by atoms with Crippen LogP contribution < -0.4 is 5.32 Å². The smallest absolute Gasteiger partial charge is 0.333 e. The zero-order valence-corrected chi connectivity index (χ0v) is 9.94. The Balaban J connectivity index is 2.11. The van der Waals surface area contributed by atoms with E-state index in [0.717, 1.165) is 18.5 Å². The number of benzene rings is 1. The summed E-state index contributed by atoms with van der Waals surface area (Å²) < 4.78 is 0. The number of rotatable bonds is 4. The second-order valence-electron chi connectivity index (χ2n) is 4.39. The van der Waals surface area contributed by atoms with Crippen molar-refractivity contribution < 1.29 is 9.90 Å². The Morgan fingerprint density at radius 2 is 2.00 bits per heavy atom. The van der Waals surface area contributed by atoms with Crippen LogP contribution in [-0.4, -0.2) is 11.1 Å². The minimum atomic E-state index is -0.787. The molecular weight excluding hydrogens is 214 g/mol. The molecule has 0 aliphatic heterocycles. The van der Waals surface area contributed by atoms with Gasteiger partial charge in [0.15, 0.2) is 0 Å². The number of carboxylic acid groups (broad SMARTS) is 1. The third-order valence-electron chi connectivity index (χ3n) is 3.17.